The van der Waals surface area contributed by atoms with Gasteiger partial charge >= 0.3 is 0 Å². The van der Waals surface area contributed by atoms with Crippen molar-refractivity contribution in [3.63, 3.8) is 0 Å². The molecule has 1 aromatic carbocycles. The number of nitrogens with zero attached hydrogens (tertiary/aromatic N) is 1. The number of phenolic OH excluding ortho intramolecular Hbond substituents is 1. The number of hydrogen-bond donors (Lipinski definition) is 3. The maximum Gasteiger partial charge on any atom is 0.115 e. The summed E-state index contributed by atoms with van der Waals surface area (Å²) in [5, 5.41) is 12.4. The van der Waals surface area contributed by atoms with Crippen molar-refractivity contribution in [1.29, 1.82) is 0 Å². The Bertz CT molecular complexity index is 482. The van der Waals surface area contributed by atoms with E-state index >= 15 is 0 Å². The predicted octanol–water partition coefficient (Wildman–Crippen LogP) is 1.86. The number of rotatable bonds is 4. The fourth-order valence-corrected chi connectivity index (χ4v) is 1.52. The van der Waals surface area contributed by atoms with Crippen LogP contribution in [-0.2, 0) is 13.1 Å². The number of phenols is 1. The summed E-state index contributed by atoms with van der Waals surface area (Å²) in [5.41, 5.74) is 8.53. The molecule has 0 aliphatic carbocycles. The molecule has 0 spiro atoms. The standard InChI is InChI=1S/C13H15N3O/c14-8-10-5-6-15-12(7-10)9-16-11-1-3-13(17)4-2-11/h1-7,16-17H,8-9,14H2. The van der Waals surface area contributed by atoms with Crippen LogP contribution in [0.2, 0.25) is 0 Å². The fourth-order valence-electron chi connectivity index (χ4n) is 1.52. The van der Waals surface area contributed by atoms with Crippen molar-refractivity contribution in [1.82, 2.24) is 4.98 Å². The molecule has 2 rings (SSSR count). The molecular formula is C13H15N3O. The van der Waals surface area contributed by atoms with Crippen molar-refractivity contribution in [2.45, 2.75) is 13.1 Å². The first-order valence-corrected chi connectivity index (χ1v) is 5.45. The number of aromatic hydroxyl groups is 1. The van der Waals surface area contributed by atoms with Gasteiger partial charge in [0, 0.05) is 18.4 Å². The van der Waals surface area contributed by atoms with Crippen LogP contribution in [0.5, 0.6) is 5.75 Å². The number of benzene rings is 1. The maximum atomic E-state index is 9.16. The van der Waals surface area contributed by atoms with E-state index in [1.807, 2.05) is 24.3 Å². The van der Waals surface area contributed by atoms with Gasteiger partial charge in [0.1, 0.15) is 5.75 Å². The Morgan fingerprint density at radius 3 is 2.65 bits per heavy atom. The zero-order chi connectivity index (χ0) is 12.1. The molecule has 0 fully saturated rings. The molecule has 2 aromatic rings. The Balaban J connectivity index is 1.99. The molecule has 0 bridgehead atoms. The lowest BCUT2D eigenvalue weighted by Crippen LogP contribution is -2.03. The van der Waals surface area contributed by atoms with Crippen LogP contribution < -0.4 is 11.1 Å². The Morgan fingerprint density at radius 1 is 1.18 bits per heavy atom. The van der Waals surface area contributed by atoms with Crippen molar-refractivity contribution in [3.05, 3.63) is 53.9 Å². The largest absolute Gasteiger partial charge is 0.508 e. The topological polar surface area (TPSA) is 71.2 Å². The van der Waals surface area contributed by atoms with E-state index in [1.54, 1.807) is 18.3 Å². The molecule has 4 nitrogen and oxygen atoms in total. The highest BCUT2D eigenvalue weighted by Crippen LogP contribution is 2.14. The molecule has 4 heteroatoms. The molecule has 0 saturated heterocycles. The number of nitrogens with two attached hydrogens (primary N) is 1. The summed E-state index contributed by atoms with van der Waals surface area (Å²) in [6.45, 7) is 1.16. The van der Waals surface area contributed by atoms with Gasteiger partial charge in [-0.3, -0.25) is 4.98 Å². The summed E-state index contributed by atoms with van der Waals surface area (Å²) >= 11 is 0. The van der Waals surface area contributed by atoms with Gasteiger partial charge in [-0.2, -0.15) is 0 Å². The van der Waals surface area contributed by atoms with Gasteiger partial charge in [0.05, 0.1) is 12.2 Å². The first-order chi connectivity index (χ1) is 8.28. The number of anilines is 1. The normalized spacial score (nSPS) is 10.2. The van der Waals surface area contributed by atoms with Crippen LogP contribution in [0, 0.1) is 0 Å². The Hall–Kier alpha value is -2.07. The second-order valence-corrected chi connectivity index (χ2v) is 3.76. The van der Waals surface area contributed by atoms with Gasteiger partial charge in [-0.15, -0.1) is 0 Å². The van der Waals surface area contributed by atoms with Gasteiger partial charge in [-0.05, 0) is 42.0 Å². The lowest BCUT2D eigenvalue weighted by Gasteiger charge is -2.06. The quantitative estimate of drug-likeness (QED) is 0.700. The monoisotopic (exact) mass is 229 g/mol. The maximum absolute atomic E-state index is 9.16. The molecule has 0 amide bonds. The highest BCUT2D eigenvalue weighted by Gasteiger charge is 1.97. The summed E-state index contributed by atoms with van der Waals surface area (Å²) in [6, 6.07) is 10.8. The van der Waals surface area contributed by atoms with Crippen LogP contribution in [0.1, 0.15) is 11.3 Å². The number of pyridine rings is 1. The fraction of sp³-hybridized carbons (Fsp3) is 0.154. The SMILES string of the molecule is NCc1ccnc(CNc2ccc(O)cc2)c1. The van der Waals surface area contributed by atoms with Gasteiger partial charge in [0.15, 0.2) is 0 Å². The van der Waals surface area contributed by atoms with E-state index in [0.717, 1.165) is 16.9 Å². The Labute approximate surface area is 100 Å². The van der Waals surface area contributed by atoms with Crippen LogP contribution in [0.4, 0.5) is 5.69 Å². The lowest BCUT2D eigenvalue weighted by atomic mass is 10.2. The summed E-state index contributed by atoms with van der Waals surface area (Å²) in [4.78, 5) is 4.25. The van der Waals surface area contributed by atoms with Crippen molar-refractivity contribution < 1.29 is 5.11 Å². The van der Waals surface area contributed by atoms with Gasteiger partial charge in [-0.1, -0.05) is 0 Å². The van der Waals surface area contributed by atoms with Gasteiger partial charge in [-0.25, -0.2) is 0 Å². The summed E-state index contributed by atoms with van der Waals surface area (Å²) in [7, 11) is 0. The molecule has 4 N–H and O–H groups in total. The minimum atomic E-state index is 0.263. The molecule has 1 aromatic heterocycles. The van der Waals surface area contributed by atoms with Gasteiger partial charge in [0.25, 0.3) is 0 Å². The second kappa shape index (κ2) is 5.32. The van der Waals surface area contributed by atoms with E-state index in [1.165, 1.54) is 0 Å². The molecule has 0 radical (unpaired) electrons. The van der Waals surface area contributed by atoms with E-state index < -0.39 is 0 Å². The van der Waals surface area contributed by atoms with Crippen LogP contribution >= 0.6 is 0 Å². The predicted molar refractivity (Wildman–Crippen MR) is 67.6 cm³/mol. The molecule has 0 saturated carbocycles. The van der Waals surface area contributed by atoms with Crippen molar-refractivity contribution in [3.8, 4) is 5.75 Å². The Morgan fingerprint density at radius 2 is 1.94 bits per heavy atom. The molecule has 0 atom stereocenters. The molecule has 17 heavy (non-hydrogen) atoms. The molecule has 1 heterocycles. The highest BCUT2D eigenvalue weighted by atomic mass is 16.3. The number of hydrogen-bond acceptors (Lipinski definition) is 4. The van der Waals surface area contributed by atoms with E-state index in [-0.39, 0.29) is 5.75 Å². The van der Waals surface area contributed by atoms with Crippen LogP contribution in [-0.4, -0.2) is 10.1 Å². The summed E-state index contributed by atoms with van der Waals surface area (Å²) in [6.07, 6.45) is 1.76. The third kappa shape index (κ3) is 3.19. The number of nitrogens with one attached hydrogen (secondary N) is 1. The third-order valence-electron chi connectivity index (χ3n) is 2.46. The smallest absolute Gasteiger partial charge is 0.115 e. The van der Waals surface area contributed by atoms with Crippen LogP contribution in [0.3, 0.4) is 0 Å². The van der Waals surface area contributed by atoms with E-state index in [0.29, 0.717) is 13.1 Å². The first-order valence-electron chi connectivity index (χ1n) is 5.45. The molecule has 0 unspecified atom stereocenters. The van der Waals surface area contributed by atoms with Crippen molar-refractivity contribution in [2.75, 3.05) is 5.32 Å². The molecule has 88 valence electrons. The summed E-state index contributed by atoms with van der Waals surface area (Å²) in [5.74, 6) is 0.263. The zero-order valence-electron chi connectivity index (χ0n) is 9.43. The van der Waals surface area contributed by atoms with Crippen LogP contribution in [0.25, 0.3) is 0 Å². The minimum Gasteiger partial charge on any atom is -0.508 e. The molecule has 0 aliphatic rings. The van der Waals surface area contributed by atoms with Crippen LogP contribution in [0.15, 0.2) is 42.6 Å². The zero-order valence-corrected chi connectivity index (χ0v) is 9.43. The third-order valence-corrected chi connectivity index (χ3v) is 2.46. The lowest BCUT2D eigenvalue weighted by molar-refractivity contribution is 0.475. The van der Waals surface area contributed by atoms with E-state index in [2.05, 4.69) is 10.3 Å². The van der Waals surface area contributed by atoms with Crippen molar-refractivity contribution in [2.24, 2.45) is 5.73 Å². The molecular weight excluding hydrogens is 214 g/mol. The van der Waals surface area contributed by atoms with E-state index in [9.17, 15) is 0 Å². The van der Waals surface area contributed by atoms with Gasteiger partial charge in [0.2, 0.25) is 0 Å². The second-order valence-electron chi connectivity index (χ2n) is 3.76. The van der Waals surface area contributed by atoms with E-state index in [4.69, 9.17) is 10.8 Å². The molecule has 0 aliphatic heterocycles. The van der Waals surface area contributed by atoms with Crippen molar-refractivity contribution >= 4 is 5.69 Å². The average Bonchev–Trinajstić information content (AvgIpc) is 2.38. The van der Waals surface area contributed by atoms with Gasteiger partial charge < -0.3 is 16.2 Å². The number of aromatic nitrogens is 1. The Kier molecular flexibility index (Phi) is 3.57. The summed E-state index contributed by atoms with van der Waals surface area (Å²) < 4.78 is 0. The first kappa shape index (κ1) is 11.4. The highest BCUT2D eigenvalue weighted by molar-refractivity contribution is 5.46. The average molecular weight is 229 g/mol. The minimum absolute atomic E-state index is 0.263.